The van der Waals surface area contributed by atoms with Gasteiger partial charge in [0, 0.05) is 12.1 Å². The minimum Gasteiger partial charge on any atom is -0.486 e. The van der Waals surface area contributed by atoms with Gasteiger partial charge >= 0.3 is 0 Å². The highest BCUT2D eigenvalue weighted by molar-refractivity contribution is 5.71. The highest BCUT2D eigenvalue weighted by Crippen LogP contribution is 2.51. The summed E-state index contributed by atoms with van der Waals surface area (Å²) in [5, 5.41) is 0. The fraction of sp³-hybridized carbons (Fsp3) is 0.389. The van der Waals surface area contributed by atoms with Crippen LogP contribution in [0.5, 0.6) is 5.75 Å². The molecule has 4 rings (SSSR count). The van der Waals surface area contributed by atoms with E-state index in [1.54, 1.807) is 0 Å². The Morgan fingerprint density at radius 1 is 1.10 bits per heavy atom. The number of hydrogen-bond donors (Lipinski definition) is 0. The van der Waals surface area contributed by atoms with Gasteiger partial charge in [-0.2, -0.15) is 0 Å². The lowest BCUT2D eigenvalue weighted by Crippen LogP contribution is -2.31. The van der Waals surface area contributed by atoms with Gasteiger partial charge < -0.3 is 4.74 Å². The van der Waals surface area contributed by atoms with Crippen LogP contribution in [0.1, 0.15) is 30.4 Å². The van der Waals surface area contributed by atoms with Crippen molar-refractivity contribution in [3.05, 3.63) is 47.7 Å². The second kappa shape index (κ2) is 4.08. The van der Waals surface area contributed by atoms with Gasteiger partial charge in [-0.15, -0.1) is 0 Å². The first-order valence-electron chi connectivity index (χ1n) is 7.45. The Labute approximate surface area is 120 Å². The van der Waals surface area contributed by atoms with Gasteiger partial charge in [0.25, 0.3) is 0 Å². The molecule has 2 nitrogen and oxygen atoms in total. The zero-order chi connectivity index (χ0) is 13.7. The Morgan fingerprint density at radius 3 is 2.70 bits per heavy atom. The quantitative estimate of drug-likeness (QED) is 0.721. The molecule has 1 aliphatic heterocycles. The standard InChI is InChI=1S/C18H20NO/c1-13-6-7-14-8-9-18(10-11-18)20-17(14)16(13)15-5-3-4-12-19(15)2/h3-7,12H,8-11H2,1-2H3/q+1. The maximum atomic E-state index is 6.44. The number of benzene rings is 1. The van der Waals surface area contributed by atoms with Crippen LogP contribution >= 0.6 is 0 Å². The molecule has 0 amide bonds. The summed E-state index contributed by atoms with van der Waals surface area (Å²) in [5.74, 6) is 1.13. The molecule has 2 aliphatic rings. The van der Waals surface area contributed by atoms with Gasteiger partial charge in [-0.1, -0.05) is 12.1 Å². The molecule has 1 spiro atoms. The third-order valence-corrected chi connectivity index (χ3v) is 4.73. The van der Waals surface area contributed by atoms with E-state index in [9.17, 15) is 0 Å². The van der Waals surface area contributed by atoms with E-state index >= 15 is 0 Å². The summed E-state index contributed by atoms with van der Waals surface area (Å²) >= 11 is 0. The van der Waals surface area contributed by atoms with E-state index in [2.05, 4.69) is 55.1 Å². The van der Waals surface area contributed by atoms with Crippen LogP contribution in [-0.2, 0) is 13.5 Å². The van der Waals surface area contributed by atoms with Crippen LogP contribution in [0.15, 0.2) is 36.5 Å². The van der Waals surface area contributed by atoms with E-state index in [-0.39, 0.29) is 5.60 Å². The first kappa shape index (κ1) is 12.0. The van der Waals surface area contributed by atoms with Crippen molar-refractivity contribution in [1.82, 2.24) is 0 Å². The van der Waals surface area contributed by atoms with Gasteiger partial charge in [0.05, 0.1) is 5.56 Å². The van der Waals surface area contributed by atoms with Crippen LogP contribution in [0.4, 0.5) is 0 Å². The van der Waals surface area contributed by atoms with Gasteiger partial charge in [0.1, 0.15) is 18.4 Å². The zero-order valence-electron chi connectivity index (χ0n) is 12.1. The number of fused-ring (bicyclic) bond motifs is 1. The first-order valence-corrected chi connectivity index (χ1v) is 7.45. The average molecular weight is 266 g/mol. The fourth-order valence-corrected chi connectivity index (χ4v) is 3.26. The first-order chi connectivity index (χ1) is 9.69. The number of rotatable bonds is 1. The Balaban J connectivity index is 1.93. The molecule has 1 fully saturated rings. The molecule has 0 bridgehead atoms. The van der Waals surface area contributed by atoms with Gasteiger partial charge in [0.15, 0.2) is 6.20 Å². The molecule has 1 aromatic heterocycles. The molecular formula is C18H20NO+. The molecule has 2 heteroatoms. The lowest BCUT2D eigenvalue weighted by molar-refractivity contribution is -0.660. The van der Waals surface area contributed by atoms with E-state index in [1.807, 2.05) is 0 Å². The molecule has 0 atom stereocenters. The molecule has 1 aromatic carbocycles. The van der Waals surface area contributed by atoms with E-state index in [0.29, 0.717) is 0 Å². The van der Waals surface area contributed by atoms with Crippen LogP contribution in [0, 0.1) is 6.92 Å². The summed E-state index contributed by atoms with van der Waals surface area (Å²) in [6.45, 7) is 2.18. The van der Waals surface area contributed by atoms with E-state index in [0.717, 1.165) is 12.2 Å². The van der Waals surface area contributed by atoms with Crippen molar-refractivity contribution in [2.75, 3.05) is 0 Å². The number of aryl methyl sites for hydroxylation is 3. The summed E-state index contributed by atoms with van der Waals surface area (Å²) in [5.41, 5.74) is 5.34. The van der Waals surface area contributed by atoms with Crippen LogP contribution in [0.3, 0.4) is 0 Å². The number of ether oxygens (including phenoxy) is 1. The van der Waals surface area contributed by atoms with Crippen LogP contribution in [0.25, 0.3) is 11.3 Å². The SMILES string of the molecule is Cc1ccc2c(c1-c1cccc[n+]1C)OC1(CC2)CC1. The molecule has 2 aromatic rings. The van der Waals surface area contributed by atoms with E-state index < -0.39 is 0 Å². The molecule has 0 radical (unpaired) electrons. The van der Waals surface area contributed by atoms with Gasteiger partial charge in [0.2, 0.25) is 5.69 Å². The topological polar surface area (TPSA) is 13.1 Å². The van der Waals surface area contributed by atoms with Crippen molar-refractivity contribution in [3.8, 4) is 17.0 Å². The number of hydrogen-bond acceptors (Lipinski definition) is 1. The third kappa shape index (κ3) is 1.75. The molecule has 0 N–H and O–H groups in total. The van der Waals surface area contributed by atoms with Gasteiger partial charge in [-0.25, -0.2) is 4.57 Å². The summed E-state index contributed by atoms with van der Waals surface area (Å²) in [4.78, 5) is 0. The van der Waals surface area contributed by atoms with Gasteiger partial charge in [-0.05, 0) is 49.8 Å². The molecule has 20 heavy (non-hydrogen) atoms. The number of pyridine rings is 1. The Hall–Kier alpha value is -1.83. The molecular weight excluding hydrogens is 246 g/mol. The molecule has 1 saturated carbocycles. The minimum atomic E-state index is 0.170. The molecule has 0 unspecified atom stereocenters. The highest BCUT2D eigenvalue weighted by atomic mass is 16.5. The largest absolute Gasteiger partial charge is 0.486 e. The molecule has 2 heterocycles. The lowest BCUT2D eigenvalue weighted by Gasteiger charge is -2.28. The summed E-state index contributed by atoms with van der Waals surface area (Å²) in [7, 11) is 2.10. The maximum absolute atomic E-state index is 6.44. The number of aromatic nitrogens is 1. The minimum absolute atomic E-state index is 0.170. The molecule has 0 saturated heterocycles. The van der Waals surface area contributed by atoms with Crippen molar-refractivity contribution in [2.45, 2.75) is 38.2 Å². The maximum Gasteiger partial charge on any atom is 0.216 e. The summed E-state index contributed by atoms with van der Waals surface area (Å²) in [6.07, 6.45) is 6.88. The highest BCUT2D eigenvalue weighted by Gasteiger charge is 2.48. The van der Waals surface area contributed by atoms with Crippen molar-refractivity contribution in [1.29, 1.82) is 0 Å². The number of nitrogens with zero attached hydrogens (tertiary/aromatic N) is 1. The van der Waals surface area contributed by atoms with Crippen molar-refractivity contribution < 1.29 is 9.30 Å². The normalized spacial score (nSPS) is 18.5. The zero-order valence-corrected chi connectivity index (χ0v) is 12.1. The predicted molar refractivity (Wildman–Crippen MR) is 78.7 cm³/mol. The molecule has 1 aliphatic carbocycles. The monoisotopic (exact) mass is 266 g/mol. The second-order valence-electron chi connectivity index (χ2n) is 6.23. The summed E-state index contributed by atoms with van der Waals surface area (Å²) < 4.78 is 8.62. The Kier molecular flexibility index (Phi) is 2.44. The van der Waals surface area contributed by atoms with Gasteiger partial charge in [-0.3, -0.25) is 0 Å². The summed E-state index contributed by atoms with van der Waals surface area (Å²) in [6, 6.07) is 10.8. The van der Waals surface area contributed by atoms with E-state index in [4.69, 9.17) is 4.74 Å². The second-order valence-corrected chi connectivity index (χ2v) is 6.23. The molecule has 102 valence electrons. The van der Waals surface area contributed by atoms with E-state index in [1.165, 1.54) is 41.6 Å². The average Bonchev–Trinajstić information content (AvgIpc) is 3.19. The Bertz CT molecular complexity index is 686. The van der Waals surface area contributed by atoms with Crippen molar-refractivity contribution >= 4 is 0 Å². The Morgan fingerprint density at radius 2 is 1.95 bits per heavy atom. The third-order valence-electron chi connectivity index (χ3n) is 4.73. The fourth-order valence-electron chi connectivity index (χ4n) is 3.26. The van der Waals surface area contributed by atoms with Crippen molar-refractivity contribution in [3.63, 3.8) is 0 Å². The van der Waals surface area contributed by atoms with Crippen molar-refractivity contribution in [2.24, 2.45) is 7.05 Å². The van der Waals surface area contributed by atoms with Crippen LogP contribution in [0.2, 0.25) is 0 Å². The van der Waals surface area contributed by atoms with Crippen LogP contribution < -0.4 is 9.30 Å². The lowest BCUT2D eigenvalue weighted by atomic mass is 9.93. The predicted octanol–water partition coefficient (Wildman–Crippen LogP) is 3.34. The smallest absolute Gasteiger partial charge is 0.216 e. The van der Waals surface area contributed by atoms with Crippen LogP contribution in [-0.4, -0.2) is 5.60 Å².